The van der Waals surface area contributed by atoms with Gasteiger partial charge in [-0.25, -0.2) is 9.59 Å². The second-order valence-electron chi connectivity index (χ2n) is 2.95. The topological polar surface area (TPSA) is 64.6 Å². The van der Waals surface area contributed by atoms with Crippen molar-refractivity contribution >= 4 is 11.9 Å². The molecule has 0 atom stereocenters. The lowest BCUT2D eigenvalue weighted by molar-refractivity contribution is -0.146. The van der Waals surface area contributed by atoms with Crippen LogP contribution in [0.3, 0.4) is 0 Å². The zero-order valence-electron chi connectivity index (χ0n) is 10.0. The minimum absolute atomic E-state index is 0.0999. The van der Waals surface area contributed by atoms with Gasteiger partial charge < -0.3 is 14.8 Å². The maximum Gasteiger partial charge on any atom is 0.347 e. The highest BCUT2D eigenvalue weighted by molar-refractivity contribution is 6.13. The Morgan fingerprint density at radius 2 is 1.56 bits per heavy atom. The molecule has 0 fully saturated rings. The van der Waals surface area contributed by atoms with Crippen LogP contribution in [0.5, 0.6) is 0 Å². The largest absolute Gasteiger partial charge is 0.462 e. The molecule has 5 nitrogen and oxygen atoms in total. The standard InChI is InChI=1S/C11H19NO4/c1-4-7-12-8-9(10(13)15-5-2)11(14)16-6-3/h8,12H,4-7H2,1-3H3. The number of ether oxygens (including phenoxy) is 2. The molecule has 0 saturated carbocycles. The van der Waals surface area contributed by atoms with Gasteiger partial charge >= 0.3 is 11.9 Å². The second-order valence-corrected chi connectivity index (χ2v) is 2.95. The quantitative estimate of drug-likeness (QED) is 0.232. The third kappa shape index (κ3) is 5.38. The van der Waals surface area contributed by atoms with Crippen LogP contribution in [-0.4, -0.2) is 31.7 Å². The Hall–Kier alpha value is -1.52. The number of carbonyl (C=O) groups excluding carboxylic acids is 2. The van der Waals surface area contributed by atoms with Crippen LogP contribution >= 0.6 is 0 Å². The van der Waals surface area contributed by atoms with Crippen LogP contribution in [0.25, 0.3) is 0 Å². The summed E-state index contributed by atoms with van der Waals surface area (Å²) in [4.78, 5) is 22.8. The van der Waals surface area contributed by atoms with Gasteiger partial charge in [0.05, 0.1) is 13.2 Å². The first-order valence-electron chi connectivity index (χ1n) is 5.45. The molecule has 0 aliphatic carbocycles. The van der Waals surface area contributed by atoms with Gasteiger partial charge in [-0.3, -0.25) is 0 Å². The van der Waals surface area contributed by atoms with E-state index in [2.05, 4.69) is 5.32 Å². The summed E-state index contributed by atoms with van der Waals surface area (Å²) >= 11 is 0. The maximum absolute atomic E-state index is 11.4. The number of nitrogens with one attached hydrogen (secondary N) is 1. The van der Waals surface area contributed by atoms with Gasteiger partial charge in [-0.2, -0.15) is 0 Å². The minimum Gasteiger partial charge on any atom is -0.462 e. The van der Waals surface area contributed by atoms with E-state index in [1.54, 1.807) is 13.8 Å². The van der Waals surface area contributed by atoms with Gasteiger partial charge in [-0.05, 0) is 20.3 Å². The van der Waals surface area contributed by atoms with E-state index in [1.807, 2.05) is 6.92 Å². The van der Waals surface area contributed by atoms with Crippen molar-refractivity contribution in [2.75, 3.05) is 19.8 Å². The van der Waals surface area contributed by atoms with Gasteiger partial charge in [0.2, 0.25) is 0 Å². The molecule has 92 valence electrons. The highest BCUT2D eigenvalue weighted by atomic mass is 16.6. The molecule has 0 saturated heterocycles. The summed E-state index contributed by atoms with van der Waals surface area (Å²) in [5.41, 5.74) is -0.0999. The van der Waals surface area contributed by atoms with Crippen molar-refractivity contribution in [2.24, 2.45) is 0 Å². The maximum atomic E-state index is 11.4. The zero-order chi connectivity index (χ0) is 12.4. The minimum atomic E-state index is -0.662. The molecule has 5 heteroatoms. The molecule has 16 heavy (non-hydrogen) atoms. The smallest absolute Gasteiger partial charge is 0.347 e. The zero-order valence-corrected chi connectivity index (χ0v) is 10.0. The normalized spacial score (nSPS) is 9.19. The van der Waals surface area contributed by atoms with Gasteiger partial charge in [0.1, 0.15) is 0 Å². The van der Waals surface area contributed by atoms with Crippen molar-refractivity contribution in [3.8, 4) is 0 Å². The highest BCUT2D eigenvalue weighted by Crippen LogP contribution is 2.01. The molecule has 0 spiro atoms. The van der Waals surface area contributed by atoms with E-state index in [4.69, 9.17) is 9.47 Å². The number of rotatable bonds is 7. The molecule has 0 amide bonds. The first kappa shape index (κ1) is 14.5. The SMILES string of the molecule is CCCNC=C(C(=O)OCC)C(=O)OCC. The lowest BCUT2D eigenvalue weighted by Gasteiger charge is -2.06. The fraction of sp³-hybridized carbons (Fsp3) is 0.636. The first-order chi connectivity index (χ1) is 7.67. The van der Waals surface area contributed by atoms with Crippen molar-refractivity contribution in [1.29, 1.82) is 0 Å². The summed E-state index contributed by atoms with van der Waals surface area (Å²) < 4.78 is 9.51. The van der Waals surface area contributed by atoms with E-state index in [0.717, 1.165) is 6.42 Å². The predicted octanol–water partition coefficient (Wildman–Crippen LogP) is 0.996. The first-order valence-corrected chi connectivity index (χ1v) is 5.45. The molecule has 0 unspecified atom stereocenters. The summed E-state index contributed by atoms with van der Waals surface area (Å²) in [6.07, 6.45) is 2.24. The Labute approximate surface area is 95.8 Å². The summed E-state index contributed by atoms with van der Waals surface area (Å²) in [5, 5.41) is 2.85. The van der Waals surface area contributed by atoms with Crippen LogP contribution < -0.4 is 5.32 Å². The van der Waals surface area contributed by atoms with Crippen LogP contribution in [0.15, 0.2) is 11.8 Å². The average molecular weight is 229 g/mol. The molecule has 0 aliphatic rings. The summed E-state index contributed by atoms with van der Waals surface area (Å²) in [7, 11) is 0. The van der Waals surface area contributed by atoms with E-state index in [0.29, 0.717) is 6.54 Å². The van der Waals surface area contributed by atoms with Gasteiger partial charge in [0.15, 0.2) is 5.57 Å². The van der Waals surface area contributed by atoms with Crippen molar-refractivity contribution in [3.63, 3.8) is 0 Å². The van der Waals surface area contributed by atoms with E-state index in [9.17, 15) is 9.59 Å². The summed E-state index contributed by atoms with van der Waals surface area (Å²) in [5.74, 6) is -1.32. The van der Waals surface area contributed by atoms with Crippen LogP contribution in [-0.2, 0) is 19.1 Å². The molecule has 0 aliphatic heterocycles. The van der Waals surface area contributed by atoms with Crippen molar-refractivity contribution in [3.05, 3.63) is 11.8 Å². The molecule has 0 rings (SSSR count). The average Bonchev–Trinajstić information content (AvgIpc) is 2.25. The van der Waals surface area contributed by atoms with E-state index in [-0.39, 0.29) is 18.8 Å². The van der Waals surface area contributed by atoms with Gasteiger partial charge in [0, 0.05) is 12.7 Å². The van der Waals surface area contributed by atoms with Gasteiger partial charge in [-0.1, -0.05) is 6.92 Å². The monoisotopic (exact) mass is 229 g/mol. The Bertz CT molecular complexity index is 241. The fourth-order valence-corrected chi connectivity index (χ4v) is 0.937. The molecule has 0 bridgehead atoms. The molecular weight excluding hydrogens is 210 g/mol. The molecule has 1 N–H and O–H groups in total. The Kier molecular flexibility index (Phi) is 7.93. The fourth-order valence-electron chi connectivity index (χ4n) is 0.937. The lowest BCUT2D eigenvalue weighted by Crippen LogP contribution is -2.21. The molecule has 0 aromatic heterocycles. The van der Waals surface area contributed by atoms with E-state index < -0.39 is 11.9 Å². The number of hydrogen-bond acceptors (Lipinski definition) is 5. The van der Waals surface area contributed by atoms with Crippen molar-refractivity contribution in [1.82, 2.24) is 5.32 Å². The van der Waals surface area contributed by atoms with Gasteiger partial charge in [-0.15, -0.1) is 0 Å². The van der Waals surface area contributed by atoms with Crippen LogP contribution in [0.4, 0.5) is 0 Å². The third-order valence-corrected chi connectivity index (χ3v) is 1.63. The van der Waals surface area contributed by atoms with Gasteiger partial charge in [0.25, 0.3) is 0 Å². The summed E-state index contributed by atoms with van der Waals surface area (Å²) in [6, 6.07) is 0. The number of hydrogen-bond donors (Lipinski definition) is 1. The Morgan fingerprint density at radius 3 is 1.94 bits per heavy atom. The molecule has 0 radical (unpaired) electrons. The van der Waals surface area contributed by atoms with Crippen LogP contribution in [0, 0.1) is 0 Å². The Balaban J connectivity index is 4.55. The van der Waals surface area contributed by atoms with Crippen LogP contribution in [0.2, 0.25) is 0 Å². The number of esters is 2. The number of carbonyl (C=O) groups is 2. The third-order valence-electron chi connectivity index (χ3n) is 1.63. The lowest BCUT2D eigenvalue weighted by atomic mass is 10.3. The predicted molar refractivity (Wildman–Crippen MR) is 59.6 cm³/mol. The molecule has 0 aromatic rings. The van der Waals surface area contributed by atoms with Crippen molar-refractivity contribution < 1.29 is 19.1 Å². The summed E-state index contributed by atoms with van der Waals surface area (Å²) in [6.45, 7) is 6.48. The molecular formula is C11H19NO4. The van der Waals surface area contributed by atoms with E-state index >= 15 is 0 Å². The Morgan fingerprint density at radius 1 is 1.06 bits per heavy atom. The highest BCUT2D eigenvalue weighted by Gasteiger charge is 2.20. The van der Waals surface area contributed by atoms with E-state index in [1.165, 1.54) is 6.20 Å². The van der Waals surface area contributed by atoms with Crippen molar-refractivity contribution in [2.45, 2.75) is 27.2 Å². The second kappa shape index (κ2) is 8.76. The molecule has 0 heterocycles. The molecule has 0 aromatic carbocycles. The van der Waals surface area contributed by atoms with Crippen LogP contribution in [0.1, 0.15) is 27.2 Å².